The largest absolute Gasteiger partial charge is 0.0622 e. The van der Waals surface area contributed by atoms with Crippen LogP contribution in [0.25, 0.3) is 87.6 Å². The van der Waals surface area contributed by atoms with Gasteiger partial charge in [-0.3, -0.25) is 0 Å². The molecule has 0 aliphatic rings. The molecule has 0 atom stereocenters. The van der Waals surface area contributed by atoms with Crippen molar-refractivity contribution in [1.29, 1.82) is 0 Å². The van der Waals surface area contributed by atoms with Gasteiger partial charge in [0.25, 0.3) is 0 Å². The number of fused-ring (bicyclic) bond motifs is 4. The summed E-state index contributed by atoms with van der Waals surface area (Å²) >= 11 is 0. The molecule has 0 radical (unpaired) electrons. The Bertz CT molecular complexity index is 2500. The molecule has 0 fully saturated rings. The lowest BCUT2D eigenvalue weighted by atomic mass is 9.84. The Hall–Kier alpha value is -5.98. The van der Waals surface area contributed by atoms with Crippen LogP contribution in [0.5, 0.6) is 0 Å². The summed E-state index contributed by atoms with van der Waals surface area (Å²) in [5.41, 5.74) is 10.0. The highest BCUT2D eigenvalue weighted by atomic mass is 14.2. The van der Waals surface area contributed by atoms with Crippen molar-refractivity contribution in [3.8, 4) is 44.5 Å². The molecule has 0 spiro atoms. The first kappa shape index (κ1) is 26.4. The molecule has 0 amide bonds. The standard InChI is InChI=1S/C46H30/c1-3-12-31(13-4-1)33-22-23-36-30-38(25-24-35(36)28-33)45-41-17-7-9-19-43(41)46(44-20-10-8-18-42(44)45)40-21-11-16-37-29-34(26-27-39(37)40)32-14-5-2-6-15-32/h1-30H. The van der Waals surface area contributed by atoms with Gasteiger partial charge in [0.15, 0.2) is 0 Å². The highest BCUT2D eigenvalue weighted by Gasteiger charge is 2.18. The maximum Gasteiger partial charge on any atom is -0.00201 e. The van der Waals surface area contributed by atoms with E-state index < -0.39 is 0 Å². The van der Waals surface area contributed by atoms with Gasteiger partial charge in [-0.15, -0.1) is 0 Å². The van der Waals surface area contributed by atoms with Crippen LogP contribution in [-0.2, 0) is 0 Å². The van der Waals surface area contributed by atoms with Crippen molar-refractivity contribution >= 4 is 43.1 Å². The minimum atomic E-state index is 1.24. The van der Waals surface area contributed by atoms with Crippen LogP contribution in [0, 0.1) is 0 Å². The minimum Gasteiger partial charge on any atom is -0.0622 e. The molecular formula is C46H30. The van der Waals surface area contributed by atoms with E-state index in [4.69, 9.17) is 0 Å². The Labute approximate surface area is 268 Å². The molecule has 214 valence electrons. The van der Waals surface area contributed by atoms with Crippen LogP contribution in [0.4, 0.5) is 0 Å². The number of rotatable bonds is 4. The molecule has 0 heterocycles. The predicted molar refractivity (Wildman–Crippen MR) is 198 cm³/mol. The molecule has 0 heteroatoms. The van der Waals surface area contributed by atoms with Gasteiger partial charge < -0.3 is 0 Å². The first-order valence-electron chi connectivity index (χ1n) is 15.9. The predicted octanol–water partition coefficient (Wildman–Crippen LogP) is 13.0. The summed E-state index contributed by atoms with van der Waals surface area (Å²) in [7, 11) is 0. The molecule has 9 aromatic carbocycles. The summed E-state index contributed by atoms with van der Waals surface area (Å²) in [4.78, 5) is 0. The Balaban J connectivity index is 1.26. The Morgan fingerprint density at radius 2 is 0.674 bits per heavy atom. The zero-order chi connectivity index (χ0) is 30.5. The van der Waals surface area contributed by atoms with Crippen molar-refractivity contribution < 1.29 is 0 Å². The zero-order valence-electron chi connectivity index (χ0n) is 25.3. The van der Waals surface area contributed by atoms with Crippen LogP contribution in [0.3, 0.4) is 0 Å². The van der Waals surface area contributed by atoms with E-state index >= 15 is 0 Å². The van der Waals surface area contributed by atoms with E-state index in [0.717, 1.165) is 0 Å². The normalized spacial score (nSPS) is 11.5. The summed E-state index contributed by atoms with van der Waals surface area (Å²) < 4.78 is 0. The summed E-state index contributed by atoms with van der Waals surface area (Å²) in [5.74, 6) is 0. The topological polar surface area (TPSA) is 0 Å². The van der Waals surface area contributed by atoms with Crippen molar-refractivity contribution in [1.82, 2.24) is 0 Å². The van der Waals surface area contributed by atoms with Gasteiger partial charge in [-0.2, -0.15) is 0 Å². The maximum atomic E-state index is 2.36. The van der Waals surface area contributed by atoms with E-state index in [1.807, 2.05) is 0 Å². The summed E-state index contributed by atoms with van der Waals surface area (Å²) in [6, 6.07) is 66.5. The van der Waals surface area contributed by atoms with Crippen LogP contribution in [0.15, 0.2) is 182 Å². The van der Waals surface area contributed by atoms with Gasteiger partial charge in [-0.1, -0.05) is 164 Å². The fraction of sp³-hybridized carbons (Fsp3) is 0. The van der Waals surface area contributed by atoms with Crippen LogP contribution < -0.4 is 0 Å². The monoisotopic (exact) mass is 582 g/mol. The van der Waals surface area contributed by atoms with Gasteiger partial charge in [0.2, 0.25) is 0 Å². The Morgan fingerprint density at radius 3 is 1.26 bits per heavy atom. The molecule has 0 N–H and O–H groups in total. The second kappa shape index (κ2) is 10.9. The van der Waals surface area contributed by atoms with Crippen molar-refractivity contribution in [2.75, 3.05) is 0 Å². The van der Waals surface area contributed by atoms with Gasteiger partial charge >= 0.3 is 0 Å². The second-order valence-electron chi connectivity index (χ2n) is 12.1. The summed E-state index contributed by atoms with van der Waals surface area (Å²) in [6.07, 6.45) is 0. The molecule has 0 saturated heterocycles. The third kappa shape index (κ3) is 4.38. The smallest absolute Gasteiger partial charge is 0.00201 e. The number of hydrogen-bond donors (Lipinski definition) is 0. The van der Waals surface area contributed by atoms with Crippen molar-refractivity contribution in [2.24, 2.45) is 0 Å². The van der Waals surface area contributed by atoms with Crippen molar-refractivity contribution in [2.45, 2.75) is 0 Å². The molecule has 0 nitrogen and oxygen atoms in total. The third-order valence-electron chi connectivity index (χ3n) is 9.42. The lowest BCUT2D eigenvalue weighted by molar-refractivity contribution is 1.64. The van der Waals surface area contributed by atoms with E-state index in [1.165, 1.54) is 87.6 Å². The molecule has 0 aromatic heterocycles. The average Bonchev–Trinajstić information content (AvgIpc) is 3.13. The maximum absolute atomic E-state index is 2.36. The number of benzene rings is 9. The quantitative estimate of drug-likeness (QED) is 0.181. The van der Waals surface area contributed by atoms with E-state index in [9.17, 15) is 0 Å². The Kier molecular flexibility index (Phi) is 6.25. The molecule has 46 heavy (non-hydrogen) atoms. The first-order chi connectivity index (χ1) is 22.8. The minimum absolute atomic E-state index is 1.24. The molecule has 9 rings (SSSR count). The lowest BCUT2D eigenvalue weighted by Crippen LogP contribution is -1.92. The molecule has 9 aromatic rings. The molecule has 0 saturated carbocycles. The highest BCUT2D eigenvalue weighted by Crippen LogP contribution is 2.46. The van der Waals surface area contributed by atoms with E-state index in [0.29, 0.717) is 0 Å². The van der Waals surface area contributed by atoms with Gasteiger partial charge in [0.1, 0.15) is 0 Å². The lowest BCUT2D eigenvalue weighted by Gasteiger charge is -2.19. The fourth-order valence-corrected chi connectivity index (χ4v) is 7.25. The van der Waals surface area contributed by atoms with E-state index in [-0.39, 0.29) is 0 Å². The molecule has 0 unspecified atom stereocenters. The molecule has 0 aliphatic heterocycles. The molecular weight excluding hydrogens is 553 g/mol. The average molecular weight is 583 g/mol. The fourth-order valence-electron chi connectivity index (χ4n) is 7.25. The van der Waals surface area contributed by atoms with E-state index in [1.54, 1.807) is 0 Å². The SMILES string of the molecule is c1ccc(-c2ccc3cc(-c4c5ccccc5c(-c5cccc6cc(-c7ccccc7)ccc56)c5ccccc45)ccc3c2)cc1. The van der Waals surface area contributed by atoms with Gasteiger partial charge in [-0.25, -0.2) is 0 Å². The second-order valence-corrected chi connectivity index (χ2v) is 12.1. The van der Waals surface area contributed by atoms with Crippen LogP contribution in [-0.4, -0.2) is 0 Å². The Morgan fingerprint density at radius 1 is 0.217 bits per heavy atom. The van der Waals surface area contributed by atoms with Gasteiger partial charge in [0, 0.05) is 0 Å². The van der Waals surface area contributed by atoms with Crippen LogP contribution in [0.2, 0.25) is 0 Å². The summed E-state index contributed by atoms with van der Waals surface area (Å²) in [6.45, 7) is 0. The van der Waals surface area contributed by atoms with E-state index in [2.05, 4.69) is 182 Å². The first-order valence-corrected chi connectivity index (χ1v) is 15.9. The number of hydrogen-bond acceptors (Lipinski definition) is 0. The third-order valence-corrected chi connectivity index (χ3v) is 9.42. The van der Waals surface area contributed by atoms with Crippen LogP contribution in [0.1, 0.15) is 0 Å². The van der Waals surface area contributed by atoms with Crippen molar-refractivity contribution in [3.05, 3.63) is 182 Å². The van der Waals surface area contributed by atoms with Crippen molar-refractivity contribution in [3.63, 3.8) is 0 Å². The highest BCUT2D eigenvalue weighted by molar-refractivity contribution is 6.23. The van der Waals surface area contributed by atoms with Crippen LogP contribution >= 0.6 is 0 Å². The zero-order valence-corrected chi connectivity index (χ0v) is 25.3. The molecule has 0 aliphatic carbocycles. The molecule has 0 bridgehead atoms. The summed E-state index contributed by atoms with van der Waals surface area (Å²) in [5, 5.41) is 10.1. The van der Waals surface area contributed by atoms with Gasteiger partial charge in [-0.05, 0) is 106 Å². The van der Waals surface area contributed by atoms with Gasteiger partial charge in [0.05, 0.1) is 0 Å².